The van der Waals surface area contributed by atoms with Gasteiger partial charge in [-0.3, -0.25) is 0 Å². The predicted molar refractivity (Wildman–Crippen MR) is 226 cm³/mol. The Kier molecular flexibility index (Phi) is 16.3. The average molecular weight is 933 g/mol. The summed E-state index contributed by atoms with van der Waals surface area (Å²) in [7, 11) is 0. The molecule has 19 nitrogen and oxygen atoms in total. The van der Waals surface area contributed by atoms with Gasteiger partial charge >= 0.3 is 0 Å². The quantitative estimate of drug-likeness (QED) is 0.0845. The minimum atomic E-state index is -1.70. The van der Waals surface area contributed by atoms with Crippen LogP contribution in [0.5, 0.6) is 0 Å². The van der Waals surface area contributed by atoms with Gasteiger partial charge in [-0.05, 0) is 99.4 Å². The zero-order valence-electron chi connectivity index (χ0n) is 38.1. The summed E-state index contributed by atoms with van der Waals surface area (Å²) in [4.78, 5) is 0. The summed E-state index contributed by atoms with van der Waals surface area (Å²) in [6, 6.07) is 0. The molecule has 25 unspecified atom stereocenters. The lowest BCUT2D eigenvalue weighted by molar-refractivity contribution is -0.337. The summed E-state index contributed by atoms with van der Waals surface area (Å²) < 4.78 is 34.4. The molecule has 7 rings (SSSR count). The number of aliphatic hydroxyl groups excluding tert-OH is 13. The second kappa shape index (κ2) is 20.6. The highest BCUT2D eigenvalue weighted by atomic mass is 16.7. The first-order valence-corrected chi connectivity index (χ1v) is 23.6. The number of rotatable bonds is 14. The maximum atomic E-state index is 12.0. The van der Waals surface area contributed by atoms with E-state index in [4.69, 9.17) is 28.4 Å². The van der Waals surface area contributed by atoms with E-state index in [1.165, 1.54) is 0 Å². The molecule has 13 N–H and O–H groups in total. The number of hydrogen-bond donors (Lipinski definition) is 13. The van der Waals surface area contributed by atoms with Crippen LogP contribution >= 0.6 is 0 Å². The molecule has 3 saturated heterocycles. The van der Waals surface area contributed by atoms with Crippen molar-refractivity contribution in [3.63, 3.8) is 0 Å². The lowest BCUT2D eigenvalue weighted by Crippen LogP contribution is -2.62. The second-order valence-corrected chi connectivity index (χ2v) is 20.8. The summed E-state index contributed by atoms with van der Waals surface area (Å²) in [6.45, 7) is 8.84. The van der Waals surface area contributed by atoms with Crippen LogP contribution in [0.4, 0.5) is 0 Å². The van der Waals surface area contributed by atoms with E-state index in [-0.39, 0.29) is 36.2 Å². The Morgan fingerprint density at radius 1 is 0.692 bits per heavy atom. The zero-order valence-corrected chi connectivity index (χ0v) is 38.1. The van der Waals surface area contributed by atoms with E-state index in [1.807, 2.05) is 13.8 Å². The van der Waals surface area contributed by atoms with E-state index in [0.717, 1.165) is 48.8 Å². The Hall–Kier alpha value is -1.28. The van der Waals surface area contributed by atoms with Crippen molar-refractivity contribution in [1.29, 1.82) is 0 Å². The van der Waals surface area contributed by atoms with Gasteiger partial charge in [0.1, 0.15) is 73.2 Å². The van der Waals surface area contributed by atoms with Crippen LogP contribution < -0.4 is 0 Å². The highest BCUT2D eigenvalue weighted by Crippen LogP contribution is 2.67. The molecular formula is C46H76O19. The van der Waals surface area contributed by atoms with Gasteiger partial charge in [-0.15, -0.1) is 0 Å². The largest absolute Gasteiger partial charge is 0.394 e. The Balaban J connectivity index is 0.951. The molecule has 3 heterocycles. The Bertz CT molecular complexity index is 1660. The van der Waals surface area contributed by atoms with Crippen LogP contribution in [0.25, 0.3) is 0 Å². The van der Waals surface area contributed by atoms with E-state index in [9.17, 15) is 66.4 Å². The van der Waals surface area contributed by atoms with Crippen molar-refractivity contribution in [2.45, 2.75) is 196 Å². The third-order valence-electron chi connectivity index (χ3n) is 17.3. The first-order valence-electron chi connectivity index (χ1n) is 23.6. The van der Waals surface area contributed by atoms with Gasteiger partial charge in [-0.1, -0.05) is 38.0 Å². The van der Waals surface area contributed by atoms with Crippen LogP contribution in [0, 0.1) is 40.4 Å². The normalized spacial score (nSPS) is 50.4. The number of hydrogen-bond acceptors (Lipinski definition) is 19. The first-order chi connectivity index (χ1) is 30.7. The van der Waals surface area contributed by atoms with Crippen molar-refractivity contribution >= 4 is 0 Å². The molecule has 0 aromatic rings. The van der Waals surface area contributed by atoms with E-state index in [1.54, 1.807) is 0 Å². The molecule has 25 atom stereocenters. The van der Waals surface area contributed by atoms with Crippen LogP contribution in [0.15, 0.2) is 22.8 Å². The molecule has 0 aromatic carbocycles. The van der Waals surface area contributed by atoms with E-state index >= 15 is 0 Å². The molecule has 3 saturated carbocycles. The predicted octanol–water partition coefficient (Wildman–Crippen LogP) is -1.91. The fourth-order valence-corrected chi connectivity index (χ4v) is 12.9. The van der Waals surface area contributed by atoms with Gasteiger partial charge < -0.3 is 94.8 Å². The molecule has 65 heavy (non-hydrogen) atoms. The van der Waals surface area contributed by atoms with Gasteiger partial charge in [0, 0.05) is 11.8 Å². The van der Waals surface area contributed by atoms with Gasteiger partial charge in [0.05, 0.1) is 44.7 Å². The molecule has 0 spiro atoms. The minimum Gasteiger partial charge on any atom is -0.394 e. The van der Waals surface area contributed by atoms with Crippen LogP contribution in [-0.4, -0.2) is 203 Å². The van der Waals surface area contributed by atoms with Crippen LogP contribution in [0.3, 0.4) is 0 Å². The van der Waals surface area contributed by atoms with E-state index in [0.29, 0.717) is 24.7 Å². The molecule has 374 valence electrons. The van der Waals surface area contributed by atoms with Gasteiger partial charge in [-0.25, -0.2) is 0 Å². The Morgan fingerprint density at radius 2 is 1.25 bits per heavy atom. The summed E-state index contributed by atoms with van der Waals surface area (Å²) in [6.07, 6.45) is -16.1. The van der Waals surface area contributed by atoms with Gasteiger partial charge in [0.25, 0.3) is 0 Å². The van der Waals surface area contributed by atoms with Gasteiger partial charge in [0.15, 0.2) is 18.9 Å². The summed E-state index contributed by atoms with van der Waals surface area (Å²) >= 11 is 0. The maximum Gasteiger partial charge on any atom is 0.187 e. The third-order valence-corrected chi connectivity index (χ3v) is 17.3. The molecule has 6 fully saturated rings. The summed E-state index contributed by atoms with van der Waals surface area (Å²) in [5.41, 5.74) is 2.31. The van der Waals surface area contributed by atoms with Crippen LogP contribution in [-0.2, 0) is 28.4 Å². The average Bonchev–Trinajstić information content (AvgIpc) is 3.64. The number of allylic oxidation sites excluding steroid dienone is 1. The highest BCUT2D eigenvalue weighted by molar-refractivity contribution is 5.28. The van der Waals surface area contributed by atoms with Crippen LogP contribution in [0.1, 0.15) is 86.0 Å². The molecular weight excluding hydrogens is 856 g/mol. The maximum absolute atomic E-state index is 12.0. The summed E-state index contributed by atoms with van der Waals surface area (Å²) in [5, 5.41) is 137. The lowest BCUT2D eigenvalue weighted by Gasteiger charge is -2.60. The highest BCUT2D eigenvalue weighted by Gasteiger charge is 2.62. The van der Waals surface area contributed by atoms with E-state index in [2.05, 4.69) is 26.8 Å². The standard InChI is InChI=1S/C46H76O19/c1-19(20(2)17-60-42-39(57)36(54)33(51)29(15-47)63-42)12-28(49)21(3)25-8-9-26-24-7-6-22-13-23(14-32(50)46(22,5)27(24)10-11-45(25,26)4)62-44-41(59)38(56)35(53)31(65-44)18-61-43-40(58)37(55)34(52)30(16-48)64-43/h6,21,23-44,47-59H,7-18H2,1-5H3/b20-19+. The summed E-state index contributed by atoms with van der Waals surface area (Å²) in [5.74, 6) is 1.20. The zero-order chi connectivity index (χ0) is 47.4. The fourth-order valence-electron chi connectivity index (χ4n) is 12.9. The smallest absolute Gasteiger partial charge is 0.187 e. The van der Waals surface area contributed by atoms with Crippen molar-refractivity contribution in [1.82, 2.24) is 0 Å². The monoisotopic (exact) mass is 932 g/mol. The van der Waals surface area contributed by atoms with Crippen molar-refractivity contribution in [2.24, 2.45) is 40.4 Å². The molecule has 0 amide bonds. The molecule has 0 aromatic heterocycles. The molecule has 3 aliphatic heterocycles. The SMILES string of the molecule is C/C(COC1OC(CO)C(O)C(O)C1O)=C(/C)CC(O)C(C)C1CCC2C3CC=C4CC(OC5OC(COC6OC(CO)C(O)C(O)C6O)C(O)C(O)C5O)CC(O)C4(C)C3CCC12C. The van der Waals surface area contributed by atoms with Gasteiger partial charge in [0.2, 0.25) is 0 Å². The van der Waals surface area contributed by atoms with E-state index < -0.39 is 136 Å². The Morgan fingerprint density at radius 3 is 1.85 bits per heavy atom. The minimum absolute atomic E-state index is 0.00463. The number of fused-ring (bicyclic) bond motifs is 5. The molecule has 0 bridgehead atoms. The number of ether oxygens (including phenoxy) is 6. The molecule has 7 aliphatic rings. The third kappa shape index (κ3) is 9.66. The van der Waals surface area contributed by atoms with Crippen molar-refractivity contribution in [2.75, 3.05) is 26.4 Å². The molecule has 19 heteroatoms. The van der Waals surface area contributed by atoms with Crippen LogP contribution in [0.2, 0.25) is 0 Å². The second-order valence-electron chi connectivity index (χ2n) is 20.8. The van der Waals surface area contributed by atoms with Crippen molar-refractivity contribution in [3.8, 4) is 0 Å². The fraction of sp³-hybridized carbons (Fsp3) is 0.913. The molecule has 4 aliphatic carbocycles. The van der Waals surface area contributed by atoms with Gasteiger partial charge in [-0.2, -0.15) is 0 Å². The Labute approximate surface area is 380 Å². The lowest BCUT2D eigenvalue weighted by atomic mass is 9.46. The number of aliphatic hydroxyl groups is 13. The topological polar surface area (TPSA) is 318 Å². The van der Waals surface area contributed by atoms with Crippen molar-refractivity contribution < 1.29 is 94.8 Å². The van der Waals surface area contributed by atoms with Crippen molar-refractivity contribution in [3.05, 3.63) is 22.8 Å². The first kappa shape index (κ1) is 51.6. The molecule has 0 radical (unpaired) electrons.